The highest BCUT2D eigenvalue weighted by Crippen LogP contribution is 2.15. The van der Waals surface area contributed by atoms with E-state index < -0.39 is 0 Å². The molecule has 0 aliphatic carbocycles. The Labute approximate surface area is 113 Å². The summed E-state index contributed by atoms with van der Waals surface area (Å²) in [5.41, 5.74) is 1.00. The number of aromatic nitrogens is 2. The molecular weight excluding hydrogens is 250 g/mol. The van der Waals surface area contributed by atoms with E-state index in [0.29, 0.717) is 11.1 Å². The predicted octanol–water partition coefficient (Wildman–Crippen LogP) is 2.53. The quantitative estimate of drug-likeness (QED) is 0.801. The number of nitrogens with zero attached hydrogens (tertiary/aromatic N) is 1. The zero-order valence-corrected chi connectivity index (χ0v) is 11.7. The molecule has 4 nitrogen and oxygen atoms in total. The Kier molecular flexibility index (Phi) is 5.47. The normalized spacial score (nSPS) is 19.6. The number of rotatable bonds is 7. The molecule has 1 aromatic heterocycles. The van der Waals surface area contributed by atoms with Gasteiger partial charge in [0.2, 0.25) is 0 Å². The fraction of sp³-hybridized carbons (Fsp3) is 0.769. The van der Waals surface area contributed by atoms with E-state index in [2.05, 4.69) is 22.2 Å². The molecule has 1 fully saturated rings. The molecule has 2 N–H and O–H groups in total. The molecule has 1 aromatic rings. The number of unbranched alkanes of at least 4 members (excludes halogenated alkanes) is 1. The van der Waals surface area contributed by atoms with Gasteiger partial charge in [0.05, 0.1) is 12.3 Å². The van der Waals surface area contributed by atoms with Crippen LogP contribution < -0.4 is 5.32 Å². The minimum atomic E-state index is 0.608. The number of ether oxygens (including phenoxy) is 1. The summed E-state index contributed by atoms with van der Waals surface area (Å²) in [6.07, 6.45) is 4.46. The van der Waals surface area contributed by atoms with Crippen LogP contribution in [0.4, 0.5) is 0 Å². The summed E-state index contributed by atoms with van der Waals surface area (Å²) in [5, 5.41) is 4.03. The maximum Gasteiger partial charge on any atom is 0.151 e. The van der Waals surface area contributed by atoms with Crippen molar-refractivity contribution in [3.05, 3.63) is 16.7 Å². The lowest BCUT2D eigenvalue weighted by atomic mass is 10.1. The second kappa shape index (κ2) is 7.12. The Morgan fingerprint density at radius 2 is 2.44 bits per heavy atom. The van der Waals surface area contributed by atoms with Crippen LogP contribution in [0.3, 0.4) is 0 Å². The predicted molar refractivity (Wildman–Crippen MR) is 72.8 cm³/mol. The van der Waals surface area contributed by atoms with Crippen LogP contribution in [0.2, 0.25) is 5.15 Å². The van der Waals surface area contributed by atoms with Crippen LogP contribution in [-0.4, -0.2) is 29.7 Å². The minimum absolute atomic E-state index is 0.608. The molecule has 0 bridgehead atoms. The van der Waals surface area contributed by atoms with Crippen molar-refractivity contribution in [2.24, 2.45) is 5.92 Å². The second-order valence-electron chi connectivity index (χ2n) is 4.92. The molecular formula is C13H22ClN3O. The first kappa shape index (κ1) is 13.8. The molecule has 2 rings (SSSR count). The van der Waals surface area contributed by atoms with Crippen molar-refractivity contribution in [1.29, 1.82) is 0 Å². The highest BCUT2D eigenvalue weighted by Gasteiger charge is 2.15. The van der Waals surface area contributed by atoms with E-state index in [-0.39, 0.29) is 0 Å². The van der Waals surface area contributed by atoms with Crippen molar-refractivity contribution in [3.8, 4) is 0 Å². The number of H-pyrrole nitrogens is 1. The highest BCUT2D eigenvalue weighted by atomic mass is 35.5. The monoisotopic (exact) mass is 271 g/mol. The number of nitrogens with one attached hydrogen (secondary N) is 2. The third-order valence-corrected chi connectivity index (χ3v) is 3.62. The van der Waals surface area contributed by atoms with E-state index in [1.165, 1.54) is 6.42 Å². The van der Waals surface area contributed by atoms with Gasteiger partial charge >= 0.3 is 0 Å². The van der Waals surface area contributed by atoms with E-state index in [9.17, 15) is 0 Å². The largest absolute Gasteiger partial charge is 0.381 e. The zero-order chi connectivity index (χ0) is 12.8. The summed E-state index contributed by atoms with van der Waals surface area (Å²) in [4.78, 5) is 7.65. The molecule has 2 heterocycles. The smallest absolute Gasteiger partial charge is 0.151 e. The molecule has 0 radical (unpaired) electrons. The Balaban J connectivity index is 1.75. The zero-order valence-electron chi connectivity index (χ0n) is 11.0. The number of aromatic amines is 1. The summed E-state index contributed by atoms with van der Waals surface area (Å²) in [6, 6.07) is 0. The van der Waals surface area contributed by atoms with Gasteiger partial charge in [-0.1, -0.05) is 24.9 Å². The standard InChI is InChI=1S/C13H22ClN3O/c1-2-3-4-12-16-11(13(14)17-12)8-15-7-10-5-6-18-9-10/h10,15H,2-9H2,1H3,(H,16,17). The molecule has 1 aliphatic heterocycles. The van der Waals surface area contributed by atoms with Crippen molar-refractivity contribution >= 4 is 11.6 Å². The Morgan fingerprint density at radius 1 is 1.56 bits per heavy atom. The van der Waals surface area contributed by atoms with Gasteiger partial charge in [0.25, 0.3) is 0 Å². The number of imidazole rings is 1. The van der Waals surface area contributed by atoms with Crippen LogP contribution >= 0.6 is 11.6 Å². The minimum Gasteiger partial charge on any atom is -0.381 e. The first-order valence-electron chi connectivity index (χ1n) is 6.81. The molecule has 0 amide bonds. The number of hydrogen-bond acceptors (Lipinski definition) is 3. The van der Waals surface area contributed by atoms with Crippen molar-refractivity contribution in [2.75, 3.05) is 19.8 Å². The third-order valence-electron chi connectivity index (χ3n) is 3.30. The molecule has 1 atom stereocenters. The van der Waals surface area contributed by atoms with Crippen LogP contribution in [-0.2, 0) is 17.7 Å². The number of hydrogen-bond donors (Lipinski definition) is 2. The molecule has 102 valence electrons. The number of aryl methyl sites for hydroxylation is 1. The van der Waals surface area contributed by atoms with Gasteiger partial charge in [0.1, 0.15) is 5.82 Å². The lowest BCUT2D eigenvalue weighted by molar-refractivity contribution is 0.185. The van der Waals surface area contributed by atoms with E-state index in [1.807, 2.05) is 0 Å². The number of halogens is 1. The van der Waals surface area contributed by atoms with Crippen LogP contribution in [0.25, 0.3) is 0 Å². The molecule has 18 heavy (non-hydrogen) atoms. The second-order valence-corrected chi connectivity index (χ2v) is 5.27. The van der Waals surface area contributed by atoms with E-state index in [0.717, 1.165) is 57.1 Å². The topological polar surface area (TPSA) is 49.9 Å². The lowest BCUT2D eigenvalue weighted by Gasteiger charge is -2.08. The molecule has 0 aromatic carbocycles. The summed E-state index contributed by atoms with van der Waals surface area (Å²) in [7, 11) is 0. The summed E-state index contributed by atoms with van der Waals surface area (Å²) in [6.45, 7) is 5.70. The van der Waals surface area contributed by atoms with E-state index in [4.69, 9.17) is 16.3 Å². The Morgan fingerprint density at radius 3 is 3.17 bits per heavy atom. The van der Waals surface area contributed by atoms with Crippen molar-refractivity contribution < 1.29 is 4.74 Å². The van der Waals surface area contributed by atoms with Gasteiger partial charge in [-0.05, 0) is 18.8 Å². The Hall–Kier alpha value is -0.580. The first-order valence-corrected chi connectivity index (χ1v) is 7.19. The summed E-state index contributed by atoms with van der Waals surface area (Å²) in [5.74, 6) is 1.65. The van der Waals surface area contributed by atoms with E-state index in [1.54, 1.807) is 0 Å². The van der Waals surface area contributed by atoms with Crippen LogP contribution in [0, 0.1) is 5.92 Å². The molecule has 5 heteroatoms. The van der Waals surface area contributed by atoms with Crippen LogP contribution in [0.15, 0.2) is 0 Å². The van der Waals surface area contributed by atoms with Crippen molar-refractivity contribution in [1.82, 2.24) is 15.3 Å². The van der Waals surface area contributed by atoms with Gasteiger partial charge in [-0.2, -0.15) is 0 Å². The molecule has 0 spiro atoms. The Bertz CT molecular complexity index is 361. The molecule has 1 unspecified atom stereocenters. The van der Waals surface area contributed by atoms with Gasteiger partial charge in [-0.25, -0.2) is 4.98 Å². The third kappa shape index (κ3) is 3.97. The lowest BCUT2D eigenvalue weighted by Crippen LogP contribution is -2.22. The maximum atomic E-state index is 6.11. The van der Waals surface area contributed by atoms with Gasteiger partial charge in [0, 0.05) is 26.1 Å². The van der Waals surface area contributed by atoms with Crippen LogP contribution in [0.5, 0.6) is 0 Å². The van der Waals surface area contributed by atoms with Crippen molar-refractivity contribution in [3.63, 3.8) is 0 Å². The fourth-order valence-electron chi connectivity index (χ4n) is 2.17. The molecule has 0 saturated carbocycles. The fourth-order valence-corrected chi connectivity index (χ4v) is 2.38. The van der Waals surface area contributed by atoms with Gasteiger partial charge < -0.3 is 15.0 Å². The van der Waals surface area contributed by atoms with Crippen LogP contribution in [0.1, 0.15) is 37.7 Å². The maximum absolute atomic E-state index is 6.11. The van der Waals surface area contributed by atoms with Gasteiger partial charge in [-0.3, -0.25) is 0 Å². The van der Waals surface area contributed by atoms with E-state index >= 15 is 0 Å². The summed E-state index contributed by atoms with van der Waals surface area (Å²) < 4.78 is 5.35. The van der Waals surface area contributed by atoms with Crippen molar-refractivity contribution in [2.45, 2.75) is 39.2 Å². The molecule has 1 aliphatic rings. The highest BCUT2D eigenvalue weighted by molar-refractivity contribution is 6.30. The molecule has 1 saturated heterocycles. The first-order chi connectivity index (χ1) is 8.79. The average Bonchev–Trinajstić information content (AvgIpc) is 2.98. The SMILES string of the molecule is CCCCc1nc(Cl)c(CNCC2CCOC2)[nH]1. The average molecular weight is 272 g/mol. The van der Waals surface area contributed by atoms with Gasteiger partial charge in [0.15, 0.2) is 5.15 Å². The van der Waals surface area contributed by atoms with Gasteiger partial charge in [-0.15, -0.1) is 0 Å². The summed E-state index contributed by atoms with van der Waals surface area (Å²) >= 11 is 6.11.